The molecule has 1 aliphatic heterocycles. The number of aromatic nitrogens is 4. The monoisotopic (exact) mass is 287 g/mol. The number of pyridine rings is 1. The molecule has 1 saturated heterocycles. The van der Waals surface area contributed by atoms with E-state index in [4.69, 9.17) is 5.11 Å². The molecule has 21 heavy (non-hydrogen) atoms. The molecule has 3 heterocycles. The predicted octanol–water partition coefficient (Wildman–Crippen LogP) is 0.0954. The van der Waals surface area contributed by atoms with E-state index in [0.717, 1.165) is 5.56 Å². The Labute approximate surface area is 120 Å². The Hall–Kier alpha value is -2.77. The van der Waals surface area contributed by atoms with Gasteiger partial charge >= 0.3 is 5.97 Å². The number of rotatable bonds is 4. The third kappa shape index (κ3) is 2.60. The smallest absolute Gasteiger partial charge is 0.308 e. The zero-order chi connectivity index (χ0) is 14.8. The van der Waals surface area contributed by atoms with Crippen LogP contribution in [0.15, 0.2) is 31.0 Å². The quantitative estimate of drug-likeness (QED) is 0.855. The Kier molecular flexibility index (Phi) is 3.35. The van der Waals surface area contributed by atoms with Gasteiger partial charge in [0.15, 0.2) is 5.82 Å². The highest BCUT2D eigenvalue weighted by atomic mass is 16.4. The van der Waals surface area contributed by atoms with Crippen LogP contribution in [0.4, 0.5) is 0 Å². The molecule has 1 aliphatic rings. The van der Waals surface area contributed by atoms with Crippen molar-refractivity contribution in [1.82, 2.24) is 24.6 Å². The van der Waals surface area contributed by atoms with Gasteiger partial charge in [0.25, 0.3) is 0 Å². The van der Waals surface area contributed by atoms with E-state index in [-0.39, 0.29) is 18.9 Å². The van der Waals surface area contributed by atoms with E-state index in [2.05, 4.69) is 15.1 Å². The Balaban J connectivity index is 1.83. The fraction of sp³-hybridized carbons (Fsp3) is 0.308. The molecule has 1 amide bonds. The molecule has 0 bridgehead atoms. The van der Waals surface area contributed by atoms with Crippen LogP contribution in [0.5, 0.6) is 0 Å². The van der Waals surface area contributed by atoms with Crippen molar-refractivity contribution in [3.05, 3.63) is 36.5 Å². The van der Waals surface area contributed by atoms with E-state index in [1.54, 1.807) is 12.3 Å². The van der Waals surface area contributed by atoms with Crippen LogP contribution in [0.1, 0.15) is 12.0 Å². The molecule has 1 unspecified atom stereocenters. The Morgan fingerprint density at radius 2 is 2.33 bits per heavy atom. The number of carboxylic acid groups (broad SMARTS) is 1. The van der Waals surface area contributed by atoms with E-state index in [0.29, 0.717) is 12.4 Å². The first-order valence-corrected chi connectivity index (χ1v) is 6.44. The molecule has 1 fully saturated rings. The van der Waals surface area contributed by atoms with Crippen LogP contribution in [-0.4, -0.2) is 48.2 Å². The maximum atomic E-state index is 11.9. The van der Waals surface area contributed by atoms with Gasteiger partial charge in [-0.25, -0.2) is 14.6 Å². The summed E-state index contributed by atoms with van der Waals surface area (Å²) >= 11 is 0. The minimum atomic E-state index is -0.937. The topological polar surface area (TPSA) is 101 Å². The molecule has 0 aromatic carbocycles. The highest BCUT2D eigenvalue weighted by Gasteiger charge is 2.34. The molecule has 2 aromatic heterocycles. The van der Waals surface area contributed by atoms with E-state index >= 15 is 0 Å². The second-order valence-electron chi connectivity index (χ2n) is 4.84. The van der Waals surface area contributed by atoms with Crippen molar-refractivity contribution in [3.8, 4) is 5.82 Å². The lowest BCUT2D eigenvalue weighted by Gasteiger charge is -2.17. The van der Waals surface area contributed by atoms with E-state index in [1.807, 2.05) is 6.07 Å². The number of hydrogen-bond acceptors (Lipinski definition) is 5. The molecule has 0 radical (unpaired) electrons. The molecule has 8 nitrogen and oxygen atoms in total. The standard InChI is InChI=1S/C13H13N5O3/c19-11-4-10(13(20)21)6-17(11)5-9-2-1-3-15-12(9)18-8-14-7-16-18/h1-3,7-8,10H,4-6H2,(H,20,21). The number of carbonyl (C=O) groups excluding carboxylic acids is 1. The molecule has 2 aromatic rings. The predicted molar refractivity (Wildman–Crippen MR) is 70.3 cm³/mol. The second kappa shape index (κ2) is 5.31. The average Bonchev–Trinajstić information content (AvgIpc) is 3.10. The summed E-state index contributed by atoms with van der Waals surface area (Å²) in [5.74, 6) is -1.14. The first-order chi connectivity index (χ1) is 10.1. The van der Waals surface area contributed by atoms with Crippen LogP contribution in [0.2, 0.25) is 0 Å². The Bertz CT molecular complexity index is 670. The van der Waals surface area contributed by atoms with Crippen molar-refractivity contribution in [3.63, 3.8) is 0 Å². The number of aliphatic carboxylic acids is 1. The van der Waals surface area contributed by atoms with E-state index in [1.165, 1.54) is 22.2 Å². The van der Waals surface area contributed by atoms with E-state index < -0.39 is 11.9 Å². The first kappa shape index (κ1) is 13.2. The summed E-state index contributed by atoms with van der Waals surface area (Å²) in [7, 11) is 0. The lowest BCUT2D eigenvalue weighted by molar-refractivity contribution is -0.141. The summed E-state index contributed by atoms with van der Waals surface area (Å²) in [4.78, 5) is 32.5. The molecule has 1 atom stereocenters. The van der Waals surface area contributed by atoms with Crippen molar-refractivity contribution >= 4 is 11.9 Å². The van der Waals surface area contributed by atoms with Gasteiger partial charge in [0.1, 0.15) is 12.7 Å². The van der Waals surface area contributed by atoms with Crippen molar-refractivity contribution in [1.29, 1.82) is 0 Å². The lowest BCUT2D eigenvalue weighted by Crippen LogP contribution is -2.26. The van der Waals surface area contributed by atoms with Crippen molar-refractivity contribution in [2.24, 2.45) is 5.92 Å². The number of hydrogen-bond donors (Lipinski definition) is 1. The maximum absolute atomic E-state index is 11.9. The van der Waals surface area contributed by atoms with E-state index in [9.17, 15) is 9.59 Å². The zero-order valence-electron chi connectivity index (χ0n) is 11.1. The van der Waals surface area contributed by atoms with Gasteiger partial charge < -0.3 is 10.0 Å². The average molecular weight is 287 g/mol. The van der Waals surface area contributed by atoms with Gasteiger partial charge in [0, 0.05) is 31.3 Å². The summed E-state index contributed by atoms with van der Waals surface area (Å²) in [6, 6.07) is 3.61. The SMILES string of the molecule is O=C(O)C1CC(=O)N(Cc2cccnc2-n2cncn2)C1. The summed E-state index contributed by atoms with van der Waals surface area (Å²) < 4.78 is 1.52. The molecule has 108 valence electrons. The van der Waals surface area contributed by atoms with Gasteiger partial charge in [-0.3, -0.25) is 9.59 Å². The van der Waals surface area contributed by atoms with Gasteiger partial charge in [-0.15, -0.1) is 0 Å². The van der Waals surface area contributed by atoms with Crippen molar-refractivity contribution in [2.45, 2.75) is 13.0 Å². The third-order valence-electron chi connectivity index (χ3n) is 3.43. The minimum Gasteiger partial charge on any atom is -0.481 e. The van der Waals surface area contributed by atoms with Gasteiger partial charge in [0.05, 0.1) is 5.92 Å². The summed E-state index contributed by atoms with van der Waals surface area (Å²) in [5.41, 5.74) is 0.794. The molecule has 0 spiro atoms. The third-order valence-corrected chi connectivity index (χ3v) is 3.43. The van der Waals surface area contributed by atoms with Gasteiger partial charge in [0.2, 0.25) is 5.91 Å². The number of carbonyl (C=O) groups is 2. The Morgan fingerprint density at radius 1 is 1.48 bits per heavy atom. The van der Waals surface area contributed by atoms with Gasteiger partial charge in [-0.05, 0) is 6.07 Å². The number of nitrogens with zero attached hydrogens (tertiary/aromatic N) is 5. The molecule has 0 aliphatic carbocycles. The van der Waals surface area contributed by atoms with Crippen LogP contribution < -0.4 is 0 Å². The van der Waals surface area contributed by atoms with Crippen LogP contribution in [0.3, 0.4) is 0 Å². The van der Waals surface area contributed by atoms with Crippen molar-refractivity contribution in [2.75, 3.05) is 6.54 Å². The maximum Gasteiger partial charge on any atom is 0.308 e. The second-order valence-corrected chi connectivity index (χ2v) is 4.84. The fourth-order valence-electron chi connectivity index (χ4n) is 2.37. The lowest BCUT2D eigenvalue weighted by atomic mass is 10.1. The minimum absolute atomic E-state index is 0.0499. The fourth-order valence-corrected chi connectivity index (χ4v) is 2.37. The van der Waals surface area contributed by atoms with Crippen LogP contribution in [-0.2, 0) is 16.1 Å². The normalized spacial score (nSPS) is 18.2. The van der Waals surface area contributed by atoms with Crippen LogP contribution in [0, 0.1) is 5.92 Å². The number of likely N-dealkylation sites (tertiary alicyclic amines) is 1. The highest BCUT2D eigenvalue weighted by Crippen LogP contribution is 2.22. The van der Waals surface area contributed by atoms with Crippen LogP contribution in [0.25, 0.3) is 5.82 Å². The molecule has 3 rings (SSSR count). The summed E-state index contributed by atoms with van der Waals surface area (Å²) in [5, 5.41) is 13.0. The first-order valence-electron chi connectivity index (χ1n) is 6.44. The van der Waals surface area contributed by atoms with Crippen molar-refractivity contribution < 1.29 is 14.7 Å². The molecule has 8 heteroatoms. The Morgan fingerprint density at radius 3 is 3.00 bits per heavy atom. The number of carboxylic acids is 1. The molecular formula is C13H13N5O3. The molecule has 0 saturated carbocycles. The number of amides is 1. The molecular weight excluding hydrogens is 274 g/mol. The largest absolute Gasteiger partial charge is 0.481 e. The summed E-state index contributed by atoms with van der Waals surface area (Å²) in [6.45, 7) is 0.533. The molecule has 1 N–H and O–H groups in total. The van der Waals surface area contributed by atoms with Gasteiger partial charge in [-0.1, -0.05) is 6.07 Å². The summed E-state index contributed by atoms with van der Waals surface area (Å²) in [6.07, 6.45) is 4.61. The highest BCUT2D eigenvalue weighted by molar-refractivity contribution is 5.86. The zero-order valence-corrected chi connectivity index (χ0v) is 11.1. The van der Waals surface area contributed by atoms with Gasteiger partial charge in [-0.2, -0.15) is 5.10 Å². The van der Waals surface area contributed by atoms with Crippen LogP contribution >= 0.6 is 0 Å².